The number of aromatic nitrogens is 2. The number of nitrogens with zero attached hydrogens (tertiary/aromatic N) is 3. The molecule has 8 heteroatoms. The van der Waals surface area contributed by atoms with Crippen LogP contribution in [0.2, 0.25) is 5.02 Å². The lowest BCUT2D eigenvalue weighted by atomic mass is 10.1. The van der Waals surface area contributed by atoms with Gasteiger partial charge in [0.1, 0.15) is 11.5 Å². The summed E-state index contributed by atoms with van der Waals surface area (Å²) in [7, 11) is 1.73. The van der Waals surface area contributed by atoms with Crippen LogP contribution < -0.4 is 5.32 Å². The number of aryl methyl sites for hydroxylation is 2. The van der Waals surface area contributed by atoms with Crippen molar-refractivity contribution in [3.63, 3.8) is 0 Å². The average molecular weight is 353 g/mol. The molecular weight excluding hydrogens is 332 g/mol. The number of hydrogen-bond donors (Lipinski definition) is 1. The van der Waals surface area contributed by atoms with Crippen LogP contribution in [-0.4, -0.2) is 53.4 Å². The number of furan rings is 1. The zero-order chi connectivity index (χ0) is 17.1. The predicted molar refractivity (Wildman–Crippen MR) is 89.1 cm³/mol. The Morgan fingerprint density at radius 2 is 2.17 bits per heavy atom. The van der Waals surface area contributed by atoms with Crippen LogP contribution in [0.25, 0.3) is 0 Å². The number of morpholine rings is 1. The van der Waals surface area contributed by atoms with Crippen molar-refractivity contribution >= 4 is 17.5 Å². The summed E-state index contributed by atoms with van der Waals surface area (Å²) in [5.74, 6) is 1.39. The number of nitrogens with one attached hydrogen (secondary N) is 1. The molecule has 0 radical (unpaired) electrons. The normalized spacial score (nSPS) is 17.0. The van der Waals surface area contributed by atoms with E-state index in [-0.39, 0.29) is 17.6 Å². The summed E-state index contributed by atoms with van der Waals surface area (Å²) in [6, 6.07) is 3.84. The molecule has 0 bridgehead atoms. The molecule has 7 nitrogen and oxygen atoms in total. The standard InChI is InChI=1S/C16H21ClN4O3/c1-11-3-4-14(24-11)13(21-5-7-23-8-6-21)9-18-16(22)15-12(17)10-20(2)19-15/h3-4,10,13H,5-9H2,1-2H3,(H,18,22). The maximum atomic E-state index is 12.4. The fraction of sp³-hybridized carbons (Fsp3) is 0.500. The number of halogens is 1. The summed E-state index contributed by atoms with van der Waals surface area (Å²) in [6.45, 7) is 5.27. The summed E-state index contributed by atoms with van der Waals surface area (Å²) in [5.41, 5.74) is 0.232. The first-order chi connectivity index (χ1) is 11.5. The first kappa shape index (κ1) is 17.0. The second-order valence-corrected chi connectivity index (χ2v) is 6.23. The highest BCUT2D eigenvalue weighted by atomic mass is 35.5. The fourth-order valence-corrected chi connectivity index (χ4v) is 3.08. The molecule has 1 N–H and O–H groups in total. The first-order valence-corrected chi connectivity index (χ1v) is 8.28. The van der Waals surface area contributed by atoms with Crippen LogP contribution in [0.5, 0.6) is 0 Å². The minimum absolute atomic E-state index is 0.0472. The molecule has 24 heavy (non-hydrogen) atoms. The third-order valence-electron chi connectivity index (χ3n) is 4.03. The Bertz CT molecular complexity index is 706. The van der Waals surface area contributed by atoms with Crippen LogP contribution in [0, 0.1) is 6.92 Å². The summed E-state index contributed by atoms with van der Waals surface area (Å²) < 4.78 is 12.7. The Morgan fingerprint density at radius 3 is 2.75 bits per heavy atom. The van der Waals surface area contributed by atoms with Crippen LogP contribution in [0.1, 0.15) is 28.1 Å². The molecule has 1 saturated heterocycles. The van der Waals surface area contributed by atoms with E-state index in [2.05, 4.69) is 15.3 Å². The lowest BCUT2D eigenvalue weighted by molar-refractivity contribution is 0.0117. The lowest BCUT2D eigenvalue weighted by Crippen LogP contribution is -2.43. The van der Waals surface area contributed by atoms with Gasteiger partial charge in [0.2, 0.25) is 0 Å². The summed E-state index contributed by atoms with van der Waals surface area (Å²) in [5, 5.41) is 7.35. The number of hydrogen-bond acceptors (Lipinski definition) is 5. The molecule has 1 fully saturated rings. The summed E-state index contributed by atoms with van der Waals surface area (Å²) >= 11 is 6.03. The van der Waals surface area contributed by atoms with Gasteiger partial charge in [0.15, 0.2) is 5.69 Å². The van der Waals surface area contributed by atoms with Crippen LogP contribution in [-0.2, 0) is 11.8 Å². The zero-order valence-corrected chi connectivity index (χ0v) is 14.5. The fourth-order valence-electron chi connectivity index (χ4n) is 2.82. The largest absolute Gasteiger partial charge is 0.465 e. The smallest absolute Gasteiger partial charge is 0.273 e. The molecule has 0 aromatic carbocycles. The monoisotopic (exact) mass is 352 g/mol. The highest BCUT2D eigenvalue weighted by Crippen LogP contribution is 2.23. The van der Waals surface area contributed by atoms with Crippen molar-refractivity contribution in [3.05, 3.63) is 40.6 Å². The van der Waals surface area contributed by atoms with Gasteiger partial charge in [-0.2, -0.15) is 5.10 Å². The van der Waals surface area contributed by atoms with Crippen molar-refractivity contribution in [2.45, 2.75) is 13.0 Å². The van der Waals surface area contributed by atoms with E-state index in [1.165, 1.54) is 4.68 Å². The second-order valence-electron chi connectivity index (χ2n) is 5.82. The molecule has 0 saturated carbocycles. The molecule has 2 aromatic heterocycles. The number of carbonyl (C=O) groups is 1. The van der Waals surface area contributed by atoms with Crippen molar-refractivity contribution in [1.82, 2.24) is 20.0 Å². The molecule has 1 unspecified atom stereocenters. The van der Waals surface area contributed by atoms with Gasteiger partial charge in [-0.05, 0) is 19.1 Å². The minimum atomic E-state index is -0.290. The Labute approximate surface area is 145 Å². The van der Waals surface area contributed by atoms with Crippen LogP contribution in [0.3, 0.4) is 0 Å². The van der Waals surface area contributed by atoms with Gasteiger partial charge in [-0.15, -0.1) is 0 Å². The maximum absolute atomic E-state index is 12.4. The van der Waals surface area contributed by atoms with E-state index in [4.69, 9.17) is 20.8 Å². The molecule has 0 spiro atoms. The molecule has 2 aromatic rings. The highest BCUT2D eigenvalue weighted by Gasteiger charge is 2.26. The van der Waals surface area contributed by atoms with E-state index in [1.807, 2.05) is 19.1 Å². The van der Waals surface area contributed by atoms with Gasteiger partial charge in [0.25, 0.3) is 5.91 Å². The summed E-state index contributed by atoms with van der Waals surface area (Å²) in [4.78, 5) is 14.6. The minimum Gasteiger partial charge on any atom is -0.465 e. The van der Waals surface area contributed by atoms with E-state index in [0.29, 0.717) is 24.8 Å². The average Bonchev–Trinajstić information content (AvgIpc) is 3.14. The number of amides is 1. The van der Waals surface area contributed by atoms with Crippen molar-refractivity contribution in [1.29, 1.82) is 0 Å². The van der Waals surface area contributed by atoms with Crippen LogP contribution in [0.4, 0.5) is 0 Å². The number of ether oxygens (including phenoxy) is 1. The van der Waals surface area contributed by atoms with Gasteiger partial charge in [-0.3, -0.25) is 14.4 Å². The van der Waals surface area contributed by atoms with Crippen LogP contribution in [0.15, 0.2) is 22.7 Å². The van der Waals surface area contributed by atoms with Gasteiger partial charge in [0, 0.05) is 32.9 Å². The van der Waals surface area contributed by atoms with E-state index in [1.54, 1.807) is 13.2 Å². The Kier molecular flexibility index (Phi) is 5.23. The third kappa shape index (κ3) is 3.80. The molecule has 0 aliphatic carbocycles. The highest BCUT2D eigenvalue weighted by molar-refractivity contribution is 6.33. The van der Waals surface area contributed by atoms with Crippen molar-refractivity contribution in [3.8, 4) is 0 Å². The molecule has 1 amide bonds. The molecule has 3 heterocycles. The van der Waals surface area contributed by atoms with E-state index in [0.717, 1.165) is 24.6 Å². The van der Waals surface area contributed by atoms with E-state index < -0.39 is 0 Å². The summed E-state index contributed by atoms with van der Waals surface area (Å²) in [6.07, 6.45) is 1.60. The lowest BCUT2D eigenvalue weighted by Gasteiger charge is -2.33. The Morgan fingerprint density at radius 1 is 1.42 bits per heavy atom. The van der Waals surface area contributed by atoms with Gasteiger partial charge in [0.05, 0.1) is 24.3 Å². The topological polar surface area (TPSA) is 72.5 Å². The van der Waals surface area contributed by atoms with Crippen molar-refractivity contribution in [2.24, 2.45) is 7.05 Å². The van der Waals surface area contributed by atoms with Crippen LogP contribution >= 0.6 is 11.6 Å². The molecule has 1 aliphatic heterocycles. The zero-order valence-electron chi connectivity index (χ0n) is 13.8. The Hall–Kier alpha value is -1.83. The number of carbonyl (C=O) groups excluding carboxylic acids is 1. The second kappa shape index (κ2) is 7.38. The molecule has 1 aliphatic rings. The molecule has 3 rings (SSSR count). The SMILES string of the molecule is Cc1ccc(C(CNC(=O)c2nn(C)cc2Cl)N2CCOCC2)o1. The predicted octanol–water partition coefficient (Wildman–Crippen LogP) is 1.78. The van der Waals surface area contributed by atoms with Gasteiger partial charge >= 0.3 is 0 Å². The van der Waals surface area contributed by atoms with Gasteiger partial charge in [-0.1, -0.05) is 11.6 Å². The van der Waals surface area contributed by atoms with E-state index in [9.17, 15) is 4.79 Å². The third-order valence-corrected chi connectivity index (χ3v) is 4.31. The Balaban J connectivity index is 1.71. The van der Waals surface area contributed by atoms with Crippen molar-refractivity contribution in [2.75, 3.05) is 32.8 Å². The van der Waals surface area contributed by atoms with E-state index >= 15 is 0 Å². The quantitative estimate of drug-likeness (QED) is 0.888. The molecule has 130 valence electrons. The first-order valence-electron chi connectivity index (χ1n) is 7.90. The molecular formula is C16H21ClN4O3. The van der Waals surface area contributed by atoms with Gasteiger partial charge in [-0.25, -0.2) is 0 Å². The van der Waals surface area contributed by atoms with Crippen molar-refractivity contribution < 1.29 is 13.9 Å². The maximum Gasteiger partial charge on any atom is 0.273 e. The molecule has 1 atom stereocenters. The number of rotatable bonds is 5. The van der Waals surface area contributed by atoms with Gasteiger partial charge < -0.3 is 14.5 Å².